The molecular formula is C14H18N4O. The number of carbonyl (C=O) groups is 1. The van der Waals surface area contributed by atoms with Crippen LogP contribution in [0.2, 0.25) is 0 Å². The van der Waals surface area contributed by atoms with Crippen LogP contribution < -0.4 is 5.32 Å². The van der Waals surface area contributed by atoms with E-state index in [2.05, 4.69) is 17.3 Å². The molecule has 1 amide bonds. The second-order valence-corrected chi connectivity index (χ2v) is 5.04. The van der Waals surface area contributed by atoms with E-state index in [1.807, 2.05) is 36.2 Å². The molecule has 1 aromatic heterocycles. The van der Waals surface area contributed by atoms with Gasteiger partial charge in [0.05, 0.1) is 5.52 Å². The first-order valence-electron chi connectivity index (χ1n) is 6.62. The van der Waals surface area contributed by atoms with Crippen LogP contribution in [0.5, 0.6) is 0 Å². The maximum Gasteiger partial charge on any atom is 0.275 e. The van der Waals surface area contributed by atoms with Crippen LogP contribution in [-0.4, -0.2) is 46.3 Å². The quantitative estimate of drug-likeness (QED) is 0.830. The third kappa shape index (κ3) is 2.00. The average molecular weight is 258 g/mol. The molecule has 3 rings (SSSR count). The average Bonchev–Trinajstić information content (AvgIpc) is 2.77. The maximum absolute atomic E-state index is 12.7. The lowest BCUT2D eigenvalue weighted by Gasteiger charge is -2.33. The Hall–Kier alpha value is -1.88. The SMILES string of the molecule is C[C@H]1CNCCN1C(=O)c1nn(C)c2ccccc12. The first kappa shape index (κ1) is 12.2. The van der Waals surface area contributed by atoms with Gasteiger partial charge in [-0.25, -0.2) is 0 Å². The largest absolute Gasteiger partial charge is 0.332 e. The van der Waals surface area contributed by atoms with Gasteiger partial charge in [-0.15, -0.1) is 0 Å². The lowest BCUT2D eigenvalue weighted by atomic mass is 10.1. The van der Waals surface area contributed by atoms with E-state index in [1.165, 1.54) is 0 Å². The van der Waals surface area contributed by atoms with E-state index in [4.69, 9.17) is 0 Å². The number of fused-ring (bicyclic) bond motifs is 1. The van der Waals surface area contributed by atoms with E-state index < -0.39 is 0 Å². The minimum absolute atomic E-state index is 0.0331. The van der Waals surface area contributed by atoms with Crippen LogP contribution in [-0.2, 0) is 7.05 Å². The van der Waals surface area contributed by atoms with Gasteiger partial charge in [0.15, 0.2) is 5.69 Å². The Kier molecular flexibility index (Phi) is 2.98. The van der Waals surface area contributed by atoms with E-state index in [0.29, 0.717) is 5.69 Å². The van der Waals surface area contributed by atoms with E-state index in [1.54, 1.807) is 4.68 Å². The van der Waals surface area contributed by atoms with Crippen molar-refractivity contribution in [2.75, 3.05) is 19.6 Å². The van der Waals surface area contributed by atoms with Gasteiger partial charge in [-0.05, 0) is 13.0 Å². The molecule has 0 radical (unpaired) electrons. The lowest BCUT2D eigenvalue weighted by Crippen LogP contribution is -2.52. The number of aryl methyl sites for hydroxylation is 1. The summed E-state index contributed by atoms with van der Waals surface area (Å²) in [6, 6.07) is 8.07. The molecule has 1 aliphatic heterocycles. The highest BCUT2D eigenvalue weighted by atomic mass is 16.2. The predicted molar refractivity (Wildman–Crippen MR) is 74.1 cm³/mol. The topological polar surface area (TPSA) is 50.2 Å². The maximum atomic E-state index is 12.7. The van der Waals surface area contributed by atoms with E-state index in [0.717, 1.165) is 30.5 Å². The van der Waals surface area contributed by atoms with Crippen LogP contribution in [0.15, 0.2) is 24.3 Å². The molecule has 5 nitrogen and oxygen atoms in total. The number of amides is 1. The van der Waals surface area contributed by atoms with Crippen LogP contribution in [0.4, 0.5) is 0 Å². The Balaban J connectivity index is 2.02. The first-order chi connectivity index (χ1) is 9.18. The number of nitrogens with one attached hydrogen (secondary N) is 1. The Labute approximate surface area is 112 Å². The summed E-state index contributed by atoms with van der Waals surface area (Å²) in [6.07, 6.45) is 0. The van der Waals surface area contributed by atoms with Gasteiger partial charge in [-0.2, -0.15) is 5.10 Å². The van der Waals surface area contributed by atoms with Crippen molar-refractivity contribution >= 4 is 16.8 Å². The summed E-state index contributed by atoms with van der Waals surface area (Å²) in [5.41, 5.74) is 1.56. The van der Waals surface area contributed by atoms with Gasteiger partial charge in [0.1, 0.15) is 0 Å². The fraction of sp³-hybridized carbons (Fsp3) is 0.429. The molecule has 100 valence electrons. The van der Waals surface area contributed by atoms with Crippen molar-refractivity contribution in [2.24, 2.45) is 7.05 Å². The third-order valence-corrected chi connectivity index (χ3v) is 3.72. The zero-order valence-corrected chi connectivity index (χ0v) is 11.3. The van der Waals surface area contributed by atoms with Crippen molar-refractivity contribution in [1.29, 1.82) is 0 Å². The monoisotopic (exact) mass is 258 g/mol. The van der Waals surface area contributed by atoms with Crippen LogP contribution >= 0.6 is 0 Å². The fourth-order valence-corrected chi connectivity index (χ4v) is 2.65. The summed E-state index contributed by atoms with van der Waals surface area (Å²) in [6.45, 7) is 4.50. The normalized spacial score (nSPS) is 19.9. The highest BCUT2D eigenvalue weighted by Crippen LogP contribution is 2.20. The standard InChI is InChI=1S/C14H18N4O/c1-10-9-15-7-8-18(10)14(19)13-11-5-3-4-6-12(11)17(2)16-13/h3-6,10,15H,7-9H2,1-2H3/t10-/m0/s1. The molecular weight excluding hydrogens is 240 g/mol. The number of hydrogen-bond acceptors (Lipinski definition) is 3. The molecule has 0 unspecified atom stereocenters. The van der Waals surface area contributed by atoms with Gasteiger partial charge in [-0.3, -0.25) is 9.48 Å². The minimum Gasteiger partial charge on any atom is -0.332 e. The zero-order valence-electron chi connectivity index (χ0n) is 11.3. The molecule has 1 fully saturated rings. The van der Waals surface area contributed by atoms with Gasteiger partial charge in [0.2, 0.25) is 0 Å². The van der Waals surface area contributed by atoms with Crippen molar-refractivity contribution in [2.45, 2.75) is 13.0 Å². The number of para-hydroxylation sites is 1. The lowest BCUT2D eigenvalue weighted by molar-refractivity contribution is 0.0651. The minimum atomic E-state index is 0.0331. The smallest absolute Gasteiger partial charge is 0.275 e. The number of aromatic nitrogens is 2. The molecule has 1 saturated heterocycles. The molecule has 1 aromatic carbocycles. The number of benzene rings is 1. The van der Waals surface area contributed by atoms with Crippen molar-refractivity contribution in [3.8, 4) is 0 Å². The molecule has 0 spiro atoms. The molecule has 2 heterocycles. The molecule has 5 heteroatoms. The van der Waals surface area contributed by atoms with E-state index >= 15 is 0 Å². The number of nitrogens with zero attached hydrogens (tertiary/aromatic N) is 3. The summed E-state index contributed by atoms with van der Waals surface area (Å²) < 4.78 is 1.77. The number of carbonyl (C=O) groups excluding carboxylic acids is 1. The fourth-order valence-electron chi connectivity index (χ4n) is 2.65. The second kappa shape index (κ2) is 4.66. The number of hydrogen-bond donors (Lipinski definition) is 1. The van der Waals surface area contributed by atoms with Crippen LogP contribution in [0.25, 0.3) is 10.9 Å². The summed E-state index contributed by atoms with van der Waals surface area (Å²) in [5, 5.41) is 8.63. The predicted octanol–water partition coefficient (Wildman–Crippen LogP) is 1.01. The van der Waals surface area contributed by atoms with E-state index in [-0.39, 0.29) is 11.9 Å². The van der Waals surface area contributed by atoms with Gasteiger partial charge >= 0.3 is 0 Å². The molecule has 1 aliphatic rings. The molecule has 19 heavy (non-hydrogen) atoms. The highest BCUT2D eigenvalue weighted by Gasteiger charge is 2.27. The van der Waals surface area contributed by atoms with Gasteiger partial charge in [0, 0.05) is 38.1 Å². The molecule has 1 N–H and O–H groups in total. The summed E-state index contributed by atoms with van der Waals surface area (Å²) >= 11 is 0. The summed E-state index contributed by atoms with van der Waals surface area (Å²) in [4.78, 5) is 14.6. The number of rotatable bonds is 1. The summed E-state index contributed by atoms with van der Waals surface area (Å²) in [7, 11) is 1.88. The van der Waals surface area contributed by atoms with Crippen molar-refractivity contribution in [1.82, 2.24) is 20.0 Å². The molecule has 0 saturated carbocycles. The molecule has 2 aromatic rings. The Morgan fingerprint density at radius 3 is 3.00 bits per heavy atom. The van der Waals surface area contributed by atoms with Gasteiger partial charge in [-0.1, -0.05) is 18.2 Å². The van der Waals surface area contributed by atoms with Crippen LogP contribution in [0, 0.1) is 0 Å². The van der Waals surface area contributed by atoms with Gasteiger partial charge in [0.25, 0.3) is 5.91 Å². The van der Waals surface area contributed by atoms with Gasteiger partial charge < -0.3 is 10.2 Å². The zero-order chi connectivity index (χ0) is 13.4. The molecule has 0 aliphatic carbocycles. The van der Waals surface area contributed by atoms with Crippen LogP contribution in [0.3, 0.4) is 0 Å². The summed E-state index contributed by atoms with van der Waals surface area (Å²) in [5.74, 6) is 0.0331. The van der Waals surface area contributed by atoms with Crippen LogP contribution in [0.1, 0.15) is 17.4 Å². The number of piperazine rings is 1. The third-order valence-electron chi connectivity index (χ3n) is 3.72. The van der Waals surface area contributed by atoms with E-state index in [9.17, 15) is 4.79 Å². The Morgan fingerprint density at radius 1 is 1.42 bits per heavy atom. The van der Waals surface area contributed by atoms with Crippen molar-refractivity contribution in [3.05, 3.63) is 30.0 Å². The first-order valence-corrected chi connectivity index (χ1v) is 6.62. The Morgan fingerprint density at radius 2 is 2.21 bits per heavy atom. The molecule has 1 atom stereocenters. The van der Waals surface area contributed by atoms with Crippen molar-refractivity contribution in [3.63, 3.8) is 0 Å². The second-order valence-electron chi connectivity index (χ2n) is 5.04. The Bertz CT molecular complexity index is 619. The van der Waals surface area contributed by atoms with Crippen molar-refractivity contribution < 1.29 is 4.79 Å². The molecule has 0 bridgehead atoms. The highest BCUT2D eigenvalue weighted by molar-refractivity contribution is 6.05.